The third-order valence-electron chi connectivity index (χ3n) is 6.98. The van der Waals surface area contributed by atoms with Gasteiger partial charge in [0.05, 0.1) is 12.8 Å². The molecule has 1 aromatic heterocycles. The van der Waals surface area contributed by atoms with Gasteiger partial charge < -0.3 is 19.4 Å². The number of carbonyl (C=O) groups excluding carboxylic acids is 2. The summed E-state index contributed by atoms with van der Waals surface area (Å²) in [6.45, 7) is 8.60. The van der Waals surface area contributed by atoms with E-state index in [0.29, 0.717) is 37.5 Å². The lowest BCUT2D eigenvalue weighted by Crippen LogP contribution is -2.53. The van der Waals surface area contributed by atoms with Crippen molar-refractivity contribution in [2.75, 3.05) is 44.7 Å². The van der Waals surface area contributed by atoms with Crippen molar-refractivity contribution in [3.05, 3.63) is 71.8 Å². The van der Waals surface area contributed by atoms with Crippen LogP contribution in [0.5, 0.6) is 5.75 Å². The molecule has 0 saturated carbocycles. The minimum atomic E-state index is -0.145. The SMILES string of the molecule is CC[C@@H](C)N(CC(=O)N1CCN(c2ccc(-c3ccc(C)cc3)nn2)CC1)C(=O)c1ccc(OC)cc1. The van der Waals surface area contributed by atoms with Gasteiger partial charge in [-0.1, -0.05) is 36.8 Å². The Bertz CT molecular complexity index is 1190. The zero-order chi connectivity index (χ0) is 26.4. The summed E-state index contributed by atoms with van der Waals surface area (Å²) in [6, 6.07) is 19.1. The lowest BCUT2D eigenvalue weighted by Gasteiger charge is -2.37. The van der Waals surface area contributed by atoms with E-state index < -0.39 is 0 Å². The minimum absolute atomic E-state index is 0.0392. The number of piperazine rings is 1. The highest BCUT2D eigenvalue weighted by molar-refractivity contribution is 5.96. The fraction of sp³-hybridized carbons (Fsp3) is 0.379. The second kappa shape index (κ2) is 11.9. The molecule has 0 bridgehead atoms. The molecule has 1 atom stereocenters. The average molecular weight is 502 g/mol. The number of carbonyl (C=O) groups is 2. The summed E-state index contributed by atoms with van der Waals surface area (Å²) in [6.07, 6.45) is 0.764. The van der Waals surface area contributed by atoms with Crippen molar-refractivity contribution >= 4 is 17.6 Å². The standard InChI is InChI=1S/C29H35N5O3/c1-5-22(3)34(29(36)24-10-12-25(37-4)13-11-24)20-28(35)33-18-16-32(17-19-33)27-15-14-26(30-31-27)23-8-6-21(2)7-9-23/h6-15,22H,5,16-20H2,1-4H3/t22-/m1/s1. The van der Waals surface area contributed by atoms with E-state index in [1.807, 2.05) is 43.0 Å². The molecule has 0 spiro atoms. The topological polar surface area (TPSA) is 78.9 Å². The van der Waals surface area contributed by atoms with Crippen molar-refractivity contribution in [2.45, 2.75) is 33.2 Å². The van der Waals surface area contributed by atoms with Gasteiger partial charge in [-0.2, -0.15) is 0 Å². The quantitative estimate of drug-likeness (QED) is 0.463. The van der Waals surface area contributed by atoms with Crippen molar-refractivity contribution in [3.8, 4) is 17.0 Å². The van der Waals surface area contributed by atoms with E-state index in [0.717, 1.165) is 23.5 Å². The maximum absolute atomic E-state index is 13.2. The number of aromatic nitrogens is 2. The molecule has 37 heavy (non-hydrogen) atoms. The van der Waals surface area contributed by atoms with Gasteiger partial charge in [0, 0.05) is 43.3 Å². The van der Waals surface area contributed by atoms with Gasteiger partial charge in [0.1, 0.15) is 12.3 Å². The summed E-state index contributed by atoms with van der Waals surface area (Å²) in [5.41, 5.74) is 3.63. The van der Waals surface area contributed by atoms with Gasteiger partial charge in [0.2, 0.25) is 5.91 Å². The van der Waals surface area contributed by atoms with E-state index in [1.54, 1.807) is 36.3 Å². The highest BCUT2D eigenvalue weighted by Crippen LogP contribution is 2.20. The number of anilines is 1. The number of ether oxygens (including phenoxy) is 1. The van der Waals surface area contributed by atoms with Crippen LogP contribution in [-0.4, -0.2) is 77.7 Å². The van der Waals surface area contributed by atoms with Gasteiger partial charge >= 0.3 is 0 Å². The Labute approximate surface area is 218 Å². The lowest BCUT2D eigenvalue weighted by atomic mass is 10.1. The van der Waals surface area contributed by atoms with Crippen LogP contribution >= 0.6 is 0 Å². The highest BCUT2D eigenvalue weighted by Gasteiger charge is 2.28. The van der Waals surface area contributed by atoms with E-state index in [4.69, 9.17) is 4.74 Å². The molecule has 1 aliphatic rings. The second-order valence-electron chi connectivity index (χ2n) is 9.43. The van der Waals surface area contributed by atoms with Crippen molar-refractivity contribution in [3.63, 3.8) is 0 Å². The predicted molar refractivity (Wildman–Crippen MR) is 145 cm³/mol. The van der Waals surface area contributed by atoms with E-state index in [1.165, 1.54) is 5.56 Å². The Balaban J connectivity index is 1.35. The second-order valence-corrected chi connectivity index (χ2v) is 9.43. The van der Waals surface area contributed by atoms with Crippen LogP contribution in [0.3, 0.4) is 0 Å². The Morgan fingerprint density at radius 3 is 2.19 bits per heavy atom. The summed E-state index contributed by atoms with van der Waals surface area (Å²) < 4.78 is 5.19. The number of aryl methyl sites for hydroxylation is 1. The number of benzene rings is 2. The zero-order valence-electron chi connectivity index (χ0n) is 22.1. The first-order valence-electron chi connectivity index (χ1n) is 12.8. The maximum Gasteiger partial charge on any atom is 0.254 e. The Kier molecular flexibility index (Phi) is 8.38. The molecule has 2 amide bonds. The van der Waals surface area contributed by atoms with Crippen molar-refractivity contribution in [1.29, 1.82) is 0 Å². The van der Waals surface area contributed by atoms with Gasteiger partial charge in [-0.25, -0.2) is 0 Å². The third kappa shape index (κ3) is 6.25. The Morgan fingerprint density at radius 2 is 1.62 bits per heavy atom. The molecule has 3 aromatic rings. The molecule has 2 aromatic carbocycles. The van der Waals surface area contributed by atoms with E-state index >= 15 is 0 Å². The van der Waals surface area contributed by atoms with E-state index in [2.05, 4.69) is 34.2 Å². The van der Waals surface area contributed by atoms with Crippen LogP contribution in [-0.2, 0) is 4.79 Å². The van der Waals surface area contributed by atoms with Gasteiger partial charge in [-0.05, 0) is 56.7 Å². The highest BCUT2D eigenvalue weighted by atomic mass is 16.5. The van der Waals surface area contributed by atoms with Crippen LogP contribution in [0, 0.1) is 6.92 Å². The van der Waals surface area contributed by atoms with Gasteiger partial charge in [0.15, 0.2) is 5.82 Å². The van der Waals surface area contributed by atoms with Crippen LogP contribution < -0.4 is 9.64 Å². The Hall–Kier alpha value is -3.94. The van der Waals surface area contributed by atoms with Crippen LogP contribution in [0.2, 0.25) is 0 Å². The van der Waals surface area contributed by atoms with E-state index in [9.17, 15) is 9.59 Å². The summed E-state index contributed by atoms with van der Waals surface area (Å²) >= 11 is 0. The first kappa shape index (κ1) is 26.1. The van der Waals surface area contributed by atoms with Crippen molar-refractivity contribution in [2.24, 2.45) is 0 Å². The molecule has 1 fully saturated rings. The number of hydrogen-bond donors (Lipinski definition) is 0. The summed E-state index contributed by atoms with van der Waals surface area (Å²) in [5.74, 6) is 1.31. The molecule has 194 valence electrons. The summed E-state index contributed by atoms with van der Waals surface area (Å²) in [7, 11) is 1.59. The Morgan fingerprint density at radius 1 is 0.946 bits per heavy atom. The predicted octanol–water partition coefficient (Wildman–Crippen LogP) is 4.05. The van der Waals surface area contributed by atoms with Crippen molar-refractivity contribution in [1.82, 2.24) is 20.0 Å². The molecule has 2 heterocycles. The van der Waals surface area contributed by atoms with E-state index in [-0.39, 0.29) is 24.4 Å². The molecule has 0 unspecified atom stereocenters. The zero-order valence-corrected chi connectivity index (χ0v) is 22.1. The van der Waals surface area contributed by atoms with Gasteiger partial charge in [0.25, 0.3) is 5.91 Å². The molecule has 0 N–H and O–H groups in total. The summed E-state index contributed by atoms with van der Waals surface area (Å²) in [5, 5.41) is 8.84. The lowest BCUT2D eigenvalue weighted by molar-refractivity contribution is -0.132. The molecule has 1 aliphatic heterocycles. The van der Waals surface area contributed by atoms with Crippen molar-refractivity contribution < 1.29 is 14.3 Å². The molecule has 8 nitrogen and oxygen atoms in total. The molecule has 0 aliphatic carbocycles. The number of amides is 2. The normalized spacial score (nSPS) is 14.3. The van der Waals surface area contributed by atoms with Gasteiger partial charge in [-0.3, -0.25) is 9.59 Å². The number of nitrogens with zero attached hydrogens (tertiary/aromatic N) is 5. The van der Waals surface area contributed by atoms with Crippen LogP contribution in [0.1, 0.15) is 36.2 Å². The molecule has 4 rings (SSSR count). The largest absolute Gasteiger partial charge is 0.497 e. The molecule has 8 heteroatoms. The fourth-order valence-corrected chi connectivity index (χ4v) is 4.35. The number of hydrogen-bond acceptors (Lipinski definition) is 6. The van der Waals surface area contributed by atoms with Crippen LogP contribution in [0.15, 0.2) is 60.7 Å². The average Bonchev–Trinajstić information content (AvgIpc) is 2.95. The molecule has 0 radical (unpaired) electrons. The minimum Gasteiger partial charge on any atom is -0.497 e. The van der Waals surface area contributed by atoms with Gasteiger partial charge in [-0.15, -0.1) is 10.2 Å². The maximum atomic E-state index is 13.2. The number of methoxy groups -OCH3 is 1. The smallest absolute Gasteiger partial charge is 0.254 e. The monoisotopic (exact) mass is 501 g/mol. The molecule has 1 saturated heterocycles. The summed E-state index contributed by atoms with van der Waals surface area (Å²) in [4.78, 5) is 32.1. The molecular formula is C29H35N5O3. The first-order valence-corrected chi connectivity index (χ1v) is 12.8. The fourth-order valence-electron chi connectivity index (χ4n) is 4.35. The van der Waals surface area contributed by atoms with Crippen LogP contribution in [0.25, 0.3) is 11.3 Å². The number of rotatable bonds is 8. The third-order valence-corrected chi connectivity index (χ3v) is 6.98. The first-order chi connectivity index (χ1) is 17.9. The van der Waals surface area contributed by atoms with Crippen LogP contribution in [0.4, 0.5) is 5.82 Å². The molecular weight excluding hydrogens is 466 g/mol.